The van der Waals surface area contributed by atoms with E-state index >= 15 is 0 Å². The largest absolute Gasteiger partial charge is 0.480 e. The van der Waals surface area contributed by atoms with Crippen molar-refractivity contribution in [1.29, 1.82) is 0 Å². The van der Waals surface area contributed by atoms with Crippen molar-refractivity contribution >= 4 is 23.1 Å². The normalized spacial score (nSPS) is 21.0. The van der Waals surface area contributed by atoms with E-state index in [0.717, 1.165) is 22.0 Å². The smallest absolute Gasteiger partial charge is 0.401 e. The molecule has 6 nitrogen and oxygen atoms in total. The van der Waals surface area contributed by atoms with Gasteiger partial charge in [0, 0.05) is 35.8 Å². The fourth-order valence-electron chi connectivity index (χ4n) is 4.76. The number of nitrogens with one attached hydrogen (secondary N) is 1. The lowest BCUT2D eigenvalue weighted by molar-refractivity contribution is -0.150. The van der Waals surface area contributed by atoms with Crippen LogP contribution in [-0.4, -0.2) is 59.5 Å². The molecule has 2 atom stereocenters. The summed E-state index contributed by atoms with van der Waals surface area (Å²) in [5.41, 5.74) is 10.9. The number of aromatic nitrogens is 1. The van der Waals surface area contributed by atoms with E-state index in [-0.39, 0.29) is 18.4 Å². The maximum absolute atomic E-state index is 13.0. The Kier molecular flexibility index (Phi) is 7.28. The van der Waals surface area contributed by atoms with Crippen molar-refractivity contribution in [3.05, 3.63) is 46.8 Å². The summed E-state index contributed by atoms with van der Waals surface area (Å²) in [5.74, 6) is -1.32. The monoisotopic (exact) mass is 450 g/mol. The van der Waals surface area contributed by atoms with Crippen molar-refractivity contribution in [3.63, 3.8) is 0 Å². The van der Waals surface area contributed by atoms with Crippen LogP contribution in [0.25, 0.3) is 10.9 Å². The molecule has 0 amide bonds. The second kappa shape index (κ2) is 9.77. The molecule has 0 aliphatic carbocycles. The first kappa shape index (κ1) is 23.8. The van der Waals surface area contributed by atoms with Gasteiger partial charge in [-0.15, -0.1) is 0 Å². The van der Waals surface area contributed by atoms with Crippen molar-refractivity contribution in [1.82, 2.24) is 9.88 Å². The molecule has 9 heteroatoms. The number of halogens is 3. The average molecular weight is 451 g/mol. The van der Waals surface area contributed by atoms with Gasteiger partial charge in [-0.2, -0.15) is 13.2 Å². The topological polar surface area (TPSA) is 94.7 Å². The molecule has 0 spiro atoms. The van der Waals surface area contributed by atoms with Crippen molar-refractivity contribution in [2.45, 2.75) is 32.9 Å². The minimum absolute atomic E-state index is 0.0464. The van der Waals surface area contributed by atoms with Crippen LogP contribution in [0.2, 0.25) is 0 Å². The van der Waals surface area contributed by atoms with E-state index in [0.29, 0.717) is 25.0 Å². The number of H-pyrrole nitrogens is 1. The van der Waals surface area contributed by atoms with Gasteiger partial charge in [-0.3, -0.25) is 14.7 Å². The Balaban J connectivity index is 1.91. The zero-order valence-electron chi connectivity index (χ0n) is 18.2. The molecule has 1 aliphatic rings. The van der Waals surface area contributed by atoms with Crippen LogP contribution in [0.3, 0.4) is 0 Å². The Bertz CT molecular complexity index is 1030. The van der Waals surface area contributed by atoms with Gasteiger partial charge in [-0.05, 0) is 73.7 Å². The Morgan fingerprint density at radius 3 is 2.78 bits per heavy atom. The van der Waals surface area contributed by atoms with Crippen LogP contribution in [0.4, 0.5) is 13.2 Å². The van der Waals surface area contributed by atoms with E-state index in [9.17, 15) is 18.0 Å². The molecule has 1 aliphatic heterocycles. The van der Waals surface area contributed by atoms with E-state index in [1.165, 1.54) is 22.9 Å². The number of aryl methyl sites for hydroxylation is 2. The first-order valence-electron chi connectivity index (χ1n) is 10.6. The van der Waals surface area contributed by atoms with Crippen molar-refractivity contribution in [2.75, 3.05) is 26.2 Å². The van der Waals surface area contributed by atoms with Crippen LogP contribution < -0.4 is 5.73 Å². The minimum atomic E-state index is -4.29. The summed E-state index contributed by atoms with van der Waals surface area (Å²) >= 11 is 0. The molecule has 2 heterocycles. The summed E-state index contributed by atoms with van der Waals surface area (Å²) < 4.78 is 39.1. The third-order valence-electron chi connectivity index (χ3n) is 6.17. The van der Waals surface area contributed by atoms with Gasteiger partial charge in [0.1, 0.15) is 6.54 Å². The first-order chi connectivity index (χ1) is 15.1. The van der Waals surface area contributed by atoms with Gasteiger partial charge >= 0.3 is 12.1 Å². The standard InChI is InChI=1S/C23H29F3N4O2/c1-14-7-15(2)22-18(3-5-29-22)19(14)8-16-4-6-30(13-23(24,25)26)12-20(16)17(9-27)10-28-11-21(31)32/h3,5,7,9-10,16,20,29H,4,6,8,11-13,27H2,1-2H3,(H,31,32)/b17-9+,28-10?. The summed E-state index contributed by atoms with van der Waals surface area (Å²) in [6, 6.07) is 4.16. The Labute approximate surface area is 185 Å². The number of benzene rings is 1. The predicted octanol–water partition coefficient (Wildman–Crippen LogP) is 3.83. The number of aliphatic imine (C=N–C) groups is 1. The number of aliphatic carboxylic acids is 1. The zero-order chi connectivity index (χ0) is 23.5. The van der Waals surface area contributed by atoms with E-state index in [1.54, 1.807) is 0 Å². The van der Waals surface area contributed by atoms with Gasteiger partial charge in [0.05, 0.1) is 6.54 Å². The highest BCUT2D eigenvalue weighted by atomic mass is 19.4. The maximum atomic E-state index is 13.0. The molecule has 0 bridgehead atoms. The molecule has 32 heavy (non-hydrogen) atoms. The molecule has 174 valence electrons. The van der Waals surface area contributed by atoms with E-state index < -0.39 is 25.2 Å². The number of fused-ring (bicyclic) bond motifs is 1. The van der Waals surface area contributed by atoms with Gasteiger partial charge in [0.15, 0.2) is 0 Å². The van der Waals surface area contributed by atoms with Crippen LogP contribution in [0.15, 0.2) is 35.1 Å². The number of alkyl halides is 3. The van der Waals surface area contributed by atoms with Gasteiger partial charge in [0.25, 0.3) is 0 Å². The lowest BCUT2D eigenvalue weighted by atomic mass is 9.76. The van der Waals surface area contributed by atoms with E-state index in [1.807, 2.05) is 19.2 Å². The molecule has 1 aromatic carbocycles. The molecule has 2 aromatic rings. The first-order valence-corrected chi connectivity index (χ1v) is 10.6. The number of carboxylic acid groups (broad SMARTS) is 1. The number of nitrogens with zero attached hydrogens (tertiary/aromatic N) is 2. The van der Waals surface area contributed by atoms with E-state index in [2.05, 4.69) is 23.0 Å². The fourth-order valence-corrected chi connectivity index (χ4v) is 4.76. The predicted molar refractivity (Wildman–Crippen MR) is 119 cm³/mol. The van der Waals surface area contributed by atoms with Gasteiger partial charge in [0.2, 0.25) is 0 Å². The Morgan fingerprint density at radius 2 is 2.12 bits per heavy atom. The Morgan fingerprint density at radius 1 is 1.38 bits per heavy atom. The van der Waals surface area contributed by atoms with Crippen LogP contribution in [0.1, 0.15) is 23.1 Å². The summed E-state index contributed by atoms with van der Waals surface area (Å²) in [5, 5.41) is 9.98. The van der Waals surface area contributed by atoms with Gasteiger partial charge < -0.3 is 15.8 Å². The number of hydrogen-bond acceptors (Lipinski definition) is 4. The SMILES string of the molecule is Cc1cc(C)c2[nH]ccc2c1CC1CCN(CC(F)(F)F)CC1/C(C=NCC(=O)O)=C/N. The lowest BCUT2D eigenvalue weighted by Gasteiger charge is -2.39. The molecule has 1 fully saturated rings. The van der Waals surface area contributed by atoms with Crippen LogP contribution in [0.5, 0.6) is 0 Å². The highest BCUT2D eigenvalue weighted by molar-refractivity contribution is 5.87. The number of hydrogen-bond donors (Lipinski definition) is 3. The molecule has 2 unspecified atom stereocenters. The van der Waals surface area contributed by atoms with Gasteiger partial charge in [-0.1, -0.05) is 6.07 Å². The fraction of sp³-hybridized carbons (Fsp3) is 0.478. The molecule has 1 saturated heterocycles. The molecule has 3 rings (SSSR count). The number of nitrogens with two attached hydrogens (primary N) is 1. The highest BCUT2D eigenvalue weighted by Crippen LogP contribution is 2.36. The molecule has 1 aromatic heterocycles. The summed E-state index contributed by atoms with van der Waals surface area (Å²) in [6.45, 7) is 3.23. The lowest BCUT2D eigenvalue weighted by Crippen LogP contribution is -2.46. The third kappa shape index (κ3) is 5.70. The molecule has 4 N–H and O–H groups in total. The second-order valence-corrected chi connectivity index (χ2v) is 8.50. The van der Waals surface area contributed by atoms with Crippen molar-refractivity contribution in [2.24, 2.45) is 22.6 Å². The van der Waals surface area contributed by atoms with Crippen molar-refractivity contribution in [3.8, 4) is 0 Å². The van der Waals surface area contributed by atoms with Crippen LogP contribution in [0, 0.1) is 25.7 Å². The van der Waals surface area contributed by atoms with E-state index in [4.69, 9.17) is 10.8 Å². The number of piperidine rings is 1. The minimum Gasteiger partial charge on any atom is -0.480 e. The maximum Gasteiger partial charge on any atom is 0.401 e. The van der Waals surface area contributed by atoms with Crippen molar-refractivity contribution < 1.29 is 23.1 Å². The highest BCUT2D eigenvalue weighted by Gasteiger charge is 2.37. The quantitative estimate of drug-likeness (QED) is 0.559. The summed E-state index contributed by atoms with van der Waals surface area (Å²) in [6.07, 6.45) is 1.62. The summed E-state index contributed by atoms with van der Waals surface area (Å²) in [7, 11) is 0. The second-order valence-electron chi connectivity index (χ2n) is 8.50. The summed E-state index contributed by atoms with van der Waals surface area (Å²) in [4.78, 5) is 19.4. The number of likely N-dealkylation sites (tertiary alicyclic amines) is 1. The van der Waals surface area contributed by atoms with Crippen LogP contribution in [-0.2, 0) is 11.2 Å². The van der Waals surface area contributed by atoms with Gasteiger partial charge in [-0.25, -0.2) is 0 Å². The number of aromatic amines is 1. The number of carboxylic acids is 1. The van der Waals surface area contributed by atoms with Crippen LogP contribution >= 0.6 is 0 Å². The molecule has 0 saturated carbocycles. The molecular weight excluding hydrogens is 421 g/mol. The average Bonchev–Trinajstić information content (AvgIpc) is 3.18. The molecular formula is C23H29F3N4O2. The number of rotatable bonds is 7. The Hall–Kier alpha value is -2.81. The number of carbonyl (C=O) groups is 1. The third-order valence-corrected chi connectivity index (χ3v) is 6.17. The molecule has 0 radical (unpaired) electrons. The zero-order valence-corrected chi connectivity index (χ0v) is 18.2.